The molecule has 3 atom stereocenters. The third-order valence-electron chi connectivity index (χ3n) is 4.53. The lowest BCUT2D eigenvalue weighted by Crippen LogP contribution is -2.33. The van der Waals surface area contributed by atoms with Crippen LogP contribution in [-0.4, -0.2) is 38.5 Å². The van der Waals surface area contributed by atoms with E-state index < -0.39 is 0 Å². The molecule has 112 valence electrons. The molecule has 1 N–H and O–H groups in total. The highest BCUT2D eigenvalue weighted by Crippen LogP contribution is 2.40. The van der Waals surface area contributed by atoms with Crippen LogP contribution >= 0.6 is 0 Å². The zero-order chi connectivity index (χ0) is 13.7. The topological polar surface area (TPSA) is 30.5 Å². The first-order valence-electron chi connectivity index (χ1n) is 7.99. The van der Waals surface area contributed by atoms with Gasteiger partial charge in [-0.15, -0.1) is 0 Å². The van der Waals surface area contributed by atoms with E-state index in [-0.39, 0.29) is 0 Å². The Bertz CT molecular complexity index is 261. The van der Waals surface area contributed by atoms with Crippen molar-refractivity contribution in [3.63, 3.8) is 0 Å². The minimum absolute atomic E-state index is 0.364. The van der Waals surface area contributed by atoms with Crippen LogP contribution in [0.1, 0.15) is 52.9 Å². The summed E-state index contributed by atoms with van der Waals surface area (Å²) in [7, 11) is 0. The molecule has 1 aliphatic carbocycles. The largest absolute Gasteiger partial charge is 0.379 e. The van der Waals surface area contributed by atoms with Crippen LogP contribution < -0.4 is 5.32 Å². The van der Waals surface area contributed by atoms with Crippen LogP contribution in [0.15, 0.2) is 0 Å². The van der Waals surface area contributed by atoms with Crippen LogP contribution in [0, 0.1) is 11.3 Å². The van der Waals surface area contributed by atoms with Crippen molar-refractivity contribution in [1.29, 1.82) is 0 Å². The smallest absolute Gasteiger partial charge is 0.0809 e. The zero-order valence-electron chi connectivity index (χ0n) is 12.9. The van der Waals surface area contributed by atoms with E-state index in [1.165, 1.54) is 25.7 Å². The standard InChI is InChI=1S/C16H31NO2/c1-13-10-16(2,3)11-15(13)17-7-5-8-18-12-14-6-4-9-19-14/h13-15,17H,4-12H2,1-3H3. The third-order valence-corrected chi connectivity index (χ3v) is 4.53. The van der Waals surface area contributed by atoms with Crippen LogP contribution in [0.25, 0.3) is 0 Å². The fourth-order valence-electron chi connectivity index (χ4n) is 3.62. The second-order valence-electron chi connectivity index (χ2n) is 7.17. The van der Waals surface area contributed by atoms with Crippen molar-refractivity contribution in [2.45, 2.75) is 65.0 Å². The van der Waals surface area contributed by atoms with Crippen molar-refractivity contribution in [2.24, 2.45) is 11.3 Å². The molecule has 2 aliphatic rings. The Labute approximate surface area is 118 Å². The molecule has 0 aromatic rings. The second-order valence-corrected chi connectivity index (χ2v) is 7.17. The van der Waals surface area contributed by atoms with Gasteiger partial charge in [-0.05, 0) is 50.0 Å². The Hall–Kier alpha value is -0.120. The first-order chi connectivity index (χ1) is 9.07. The molecule has 2 rings (SSSR count). The molecule has 1 saturated carbocycles. The van der Waals surface area contributed by atoms with Crippen molar-refractivity contribution < 1.29 is 9.47 Å². The first-order valence-corrected chi connectivity index (χ1v) is 7.99. The molecular weight excluding hydrogens is 238 g/mol. The van der Waals surface area contributed by atoms with E-state index in [2.05, 4.69) is 26.1 Å². The molecule has 2 fully saturated rings. The molecule has 0 aromatic heterocycles. The van der Waals surface area contributed by atoms with Crippen LogP contribution in [-0.2, 0) is 9.47 Å². The predicted molar refractivity (Wildman–Crippen MR) is 78.4 cm³/mol. The summed E-state index contributed by atoms with van der Waals surface area (Å²) < 4.78 is 11.2. The van der Waals surface area contributed by atoms with E-state index >= 15 is 0 Å². The number of ether oxygens (including phenoxy) is 2. The summed E-state index contributed by atoms with van der Waals surface area (Å²) in [6.07, 6.45) is 6.50. The van der Waals surface area contributed by atoms with Gasteiger partial charge in [-0.3, -0.25) is 0 Å². The van der Waals surface area contributed by atoms with Gasteiger partial charge in [0.2, 0.25) is 0 Å². The average molecular weight is 269 g/mol. The van der Waals surface area contributed by atoms with Gasteiger partial charge < -0.3 is 14.8 Å². The predicted octanol–water partition coefficient (Wildman–Crippen LogP) is 2.99. The monoisotopic (exact) mass is 269 g/mol. The highest BCUT2D eigenvalue weighted by atomic mass is 16.5. The SMILES string of the molecule is CC1CC(C)(C)CC1NCCCOCC1CCCO1. The Morgan fingerprint density at radius 1 is 1.32 bits per heavy atom. The lowest BCUT2D eigenvalue weighted by Gasteiger charge is -2.18. The summed E-state index contributed by atoms with van der Waals surface area (Å²) in [5.74, 6) is 0.808. The molecule has 3 unspecified atom stereocenters. The second kappa shape index (κ2) is 7.05. The quantitative estimate of drug-likeness (QED) is 0.721. The minimum Gasteiger partial charge on any atom is -0.379 e. The highest BCUT2D eigenvalue weighted by molar-refractivity contribution is 4.90. The summed E-state index contributed by atoms with van der Waals surface area (Å²) in [4.78, 5) is 0. The van der Waals surface area contributed by atoms with Crippen LogP contribution in [0.4, 0.5) is 0 Å². The Balaban J connectivity index is 1.48. The Morgan fingerprint density at radius 2 is 2.16 bits per heavy atom. The van der Waals surface area contributed by atoms with Crippen molar-refractivity contribution in [3.8, 4) is 0 Å². The molecule has 1 saturated heterocycles. The third kappa shape index (κ3) is 5.05. The number of hydrogen-bond donors (Lipinski definition) is 1. The number of nitrogens with one attached hydrogen (secondary N) is 1. The zero-order valence-corrected chi connectivity index (χ0v) is 12.9. The van der Waals surface area contributed by atoms with Crippen LogP contribution in [0.2, 0.25) is 0 Å². The Kier molecular flexibility index (Phi) is 5.67. The maximum Gasteiger partial charge on any atom is 0.0809 e. The number of hydrogen-bond acceptors (Lipinski definition) is 3. The molecule has 3 heteroatoms. The molecule has 1 heterocycles. The van der Waals surface area contributed by atoms with E-state index in [4.69, 9.17) is 9.47 Å². The molecule has 1 aliphatic heterocycles. The van der Waals surface area contributed by atoms with Crippen molar-refractivity contribution >= 4 is 0 Å². The fraction of sp³-hybridized carbons (Fsp3) is 1.00. The molecule has 19 heavy (non-hydrogen) atoms. The normalized spacial score (nSPS) is 33.9. The average Bonchev–Trinajstić information content (AvgIpc) is 2.91. The van der Waals surface area contributed by atoms with Crippen LogP contribution in [0.5, 0.6) is 0 Å². The van der Waals surface area contributed by atoms with Gasteiger partial charge in [0, 0.05) is 19.3 Å². The molecule has 0 bridgehead atoms. The number of rotatable bonds is 7. The van der Waals surface area contributed by atoms with E-state index in [0.29, 0.717) is 17.6 Å². The summed E-state index contributed by atoms with van der Waals surface area (Å²) in [6.45, 7) is 10.8. The van der Waals surface area contributed by atoms with Gasteiger partial charge >= 0.3 is 0 Å². The molecule has 0 radical (unpaired) electrons. The van der Waals surface area contributed by atoms with Crippen molar-refractivity contribution in [3.05, 3.63) is 0 Å². The van der Waals surface area contributed by atoms with Gasteiger partial charge in [0.25, 0.3) is 0 Å². The minimum atomic E-state index is 0.364. The van der Waals surface area contributed by atoms with Gasteiger partial charge in [-0.2, -0.15) is 0 Å². The van der Waals surface area contributed by atoms with Crippen molar-refractivity contribution in [1.82, 2.24) is 5.32 Å². The highest BCUT2D eigenvalue weighted by Gasteiger charge is 2.35. The molecule has 0 spiro atoms. The van der Waals surface area contributed by atoms with E-state index in [1.54, 1.807) is 0 Å². The summed E-state index contributed by atoms with van der Waals surface area (Å²) in [5, 5.41) is 3.70. The molecule has 0 aromatic carbocycles. The van der Waals surface area contributed by atoms with Gasteiger partial charge in [-0.25, -0.2) is 0 Å². The lowest BCUT2D eigenvalue weighted by atomic mass is 9.91. The molecule has 0 amide bonds. The maximum absolute atomic E-state index is 5.69. The first kappa shape index (κ1) is 15.3. The van der Waals surface area contributed by atoms with Crippen LogP contribution in [0.3, 0.4) is 0 Å². The van der Waals surface area contributed by atoms with E-state index in [1.807, 2.05) is 0 Å². The van der Waals surface area contributed by atoms with Crippen molar-refractivity contribution in [2.75, 3.05) is 26.4 Å². The lowest BCUT2D eigenvalue weighted by molar-refractivity contribution is 0.0165. The van der Waals surface area contributed by atoms with Gasteiger partial charge in [0.1, 0.15) is 0 Å². The maximum atomic E-state index is 5.69. The van der Waals surface area contributed by atoms with E-state index in [9.17, 15) is 0 Å². The molecule has 3 nitrogen and oxygen atoms in total. The van der Waals surface area contributed by atoms with Gasteiger partial charge in [0.05, 0.1) is 12.7 Å². The summed E-state index contributed by atoms with van der Waals surface area (Å²) in [5.41, 5.74) is 0.521. The summed E-state index contributed by atoms with van der Waals surface area (Å²) in [6, 6.07) is 0.702. The van der Waals surface area contributed by atoms with E-state index in [0.717, 1.165) is 38.7 Å². The Morgan fingerprint density at radius 3 is 2.79 bits per heavy atom. The van der Waals surface area contributed by atoms with Gasteiger partial charge in [0.15, 0.2) is 0 Å². The van der Waals surface area contributed by atoms with Gasteiger partial charge in [-0.1, -0.05) is 20.8 Å². The summed E-state index contributed by atoms with van der Waals surface area (Å²) >= 11 is 0. The molecular formula is C16H31NO2. The fourth-order valence-corrected chi connectivity index (χ4v) is 3.62.